The molecule has 2 aliphatic carbocycles. The van der Waals surface area contributed by atoms with E-state index in [-0.39, 0.29) is 17.5 Å². The normalized spacial score (nSPS) is 22.1. The number of allylic oxidation sites excluding steroid dienone is 4. The first-order valence-electron chi connectivity index (χ1n) is 13.8. The Hall–Kier alpha value is -2.20. The van der Waals surface area contributed by atoms with Crippen molar-refractivity contribution in [2.24, 2.45) is 5.92 Å². The van der Waals surface area contributed by atoms with Crippen LogP contribution >= 0.6 is 0 Å². The number of carbonyl (C=O) groups is 2. The lowest BCUT2D eigenvalue weighted by Gasteiger charge is -2.37. The minimum Gasteiger partial charge on any atom is -0.381 e. The van der Waals surface area contributed by atoms with Crippen molar-refractivity contribution in [3.63, 3.8) is 0 Å². The van der Waals surface area contributed by atoms with Gasteiger partial charge < -0.3 is 9.64 Å². The zero-order valence-corrected chi connectivity index (χ0v) is 22.2. The fourth-order valence-corrected chi connectivity index (χ4v) is 6.43. The van der Waals surface area contributed by atoms with Gasteiger partial charge in [-0.25, -0.2) is 0 Å². The van der Waals surface area contributed by atoms with Crippen molar-refractivity contribution in [2.45, 2.75) is 97.4 Å². The van der Waals surface area contributed by atoms with Gasteiger partial charge in [0, 0.05) is 49.4 Å². The summed E-state index contributed by atoms with van der Waals surface area (Å²) >= 11 is 0. The van der Waals surface area contributed by atoms with E-state index in [0.717, 1.165) is 54.9 Å². The first-order chi connectivity index (χ1) is 16.9. The lowest BCUT2D eigenvalue weighted by molar-refractivity contribution is -0.117. The van der Waals surface area contributed by atoms with Crippen LogP contribution < -0.4 is 4.90 Å². The molecule has 1 heterocycles. The summed E-state index contributed by atoms with van der Waals surface area (Å²) in [6, 6.07) is 5.05. The van der Waals surface area contributed by atoms with E-state index in [0.29, 0.717) is 24.8 Å². The van der Waals surface area contributed by atoms with Crippen LogP contribution in [0.1, 0.15) is 106 Å². The van der Waals surface area contributed by atoms with Crippen molar-refractivity contribution < 1.29 is 14.3 Å². The summed E-state index contributed by atoms with van der Waals surface area (Å²) in [6.07, 6.45) is 13.2. The van der Waals surface area contributed by atoms with Gasteiger partial charge in [-0.3, -0.25) is 9.59 Å². The van der Waals surface area contributed by atoms with Crippen LogP contribution in [0, 0.1) is 12.8 Å². The van der Waals surface area contributed by atoms with Crippen LogP contribution in [-0.4, -0.2) is 37.4 Å². The fraction of sp³-hybridized carbons (Fsp3) is 0.613. The predicted molar refractivity (Wildman–Crippen MR) is 143 cm³/mol. The highest BCUT2D eigenvalue weighted by atomic mass is 16.5. The standard InChI is InChI=1S/C31H43NO3/c1-5-32(26-13-15-35-16-14-26)29-20-25(24-9-7-6-8-10-24)19-28(23(29)4)30(33)12-11-27-22(3)17-21(2)18-31(27)34/h17-20,24,26-27H,5-16H2,1-4H3. The number of ketones is 2. The van der Waals surface area contributed by atoms with Crippen molar-refractivity contribution >= 4 is 17.3 Å². The Kier molecular flexibility index (Phi) is 8.64. The number of anilines is 1. The molecule has 4 nitrogen and oxygen atoms in total. The molecule has 1 aromatic carbocycles. The van der Waals surface area contributed by atoms with Crippen LogP contribution in [0.25, 0.3) is 0 Å². The predicted octanol–water partition coefficient (Wildman–Crippen LogP) is 7.10. The molecular weight excluding hydrogens is 434 g/mol. The van der Waals surface area contributed by atoms with Crippen molar-refractivity contribution in [3.8, 4) is 0 Å². The van der Waals surface area contributed by atoms with Crippen LogP contribution in [0.2, 0.25) is 0 Å². The van der Waals surface area contributed by atoms with Gasteiger partial charge in [0.2, 0.25) is 0 Å². The Morgan fingerprint density at radius 1 is 1.00 bits per heavy atom. The molecule has 0 N–H and O–H groups in total. The Morgan fingerprint density at radius 3 is 2.37 bits per heavy atom. The number of nitrogens with zero attached hydrogens (tertiary/aromatic N) is 1. The lowest BCUT2D eigenvalue weighted by Crippen LogP contribution is -2.40. The number of rotatable bonds is 8. The highest BCUT2D eigenvalue weighted by molar-refractivity contribution is 6.00. The molecule has 1 atom stereocenters. The largest absolute Gasteiger partial charge is 0.381 e. The minimum absolute atomic E-state index is 0.139. The van der Waals surface area contributed by atoms with E-state index in [1.807, 2.05) is 13.8 Å². The van der Waals surface area contributed by atoms with Crippen molar-refractivity contribution in [1.29, 1.82) is 0 Å². The number of hydrogen-bond acceptors (Lipinski definition) is 4. The molecule has 0 bridgehead atoms. The summed E-state index contributed by atoms with van der Waals surface area (Å²) < 4.78 is 5.64. The van der Waals surface area contributed by atoms with E-state index in [4.69, 9.17) is 4.74 Å². The molecule has 0 spiro atoms. The highest BCUT2D eigenvalue weighted by Gasteiger charge is 2.28. The van der Waals surface area contributed by atoms with E-state index >= 15 is 0 Å². The molecule has 0 radical (unpaired) electrons. The molecule has 1 unspecified atom stereocenters. The van der Waals surface area contributed by atoms with Crippen LogP contribution in [0.4, 0.5) is 5.69 Å². The SMILES string of the molecule is CCN(c1cc(C2CCCCC2)cc(C(=O)CCC2C(=O)C=C(C)C=C2C)c1C)C1CCOCC1. The summed E-state index contributed by atoms with van der Waals surface area (Å²) in [5.74, 6) is 0.691. The minimum atomic E-state index is -0.168. The molecule has 4 rings (SSSR count). The van der Waals surface area contributed by atoms with Crippen LogP contribution in [-0.2, 0) is 9.53 Å². The summed E-state index contributed by atoms with van der Waals surface area (Å²) in [6.45, 7) is 10.9. The van der Waals surface area contributed by atoms with Crippen LogP contribution in [0.5, 0.6) is 0 Å². The number of hydrogen-bond donors (Lipinski definition) is 0. The third kappa shape index (κ3) is 5.97. The molecule has 2 fully saturated rings. The van der Waals surface area contributed by atoms with Gasteiger partial charge in [0.1, 0.15) is 0 Å². The van der Waals surface area contributed by atoms with Gasteiger partial charge in [-0.1, -0.05) is 30.9 Å². The second-order valence-corrected chi connectivity index (χ2v) is 10.9. The van der Waals surface area contributed by atoms with Crippen LogP contribution in [0.3, 0.4) is 0 Å². The van der Waals surface area contributed by atoms with Gasteiger partial charge in [-0.05, 0) is 101 Å². The van der Waals surface area contributed by atoms with E-state index in [1.54, 1.807) is 6.08 Å². The molecule has 1 saturated heterocycles. The van der Waals surface area contributed by atoms with Gasteiger partial charge in [-0.15, -0.1) is 0 Å². The van der Waals surface area contributed by atoms with Crippen molar-refractivity contribution in [1.82, 2.24) is 0 Å². The summed E-state index contributed by atoms with van der Waals surface area (Å²) in [5.41, 5.74) is 6.61. The van der Waals surface area contributed by atoms with Gasteiger partial charge in [0.05, 0.1) is 0 Å². The van der Waals surface area contributed by atoms with E-state index in [9.17, 15) is 9.59 Å². The first-order valence-corrected chi connectivity index (χ1v) is 13.8. The molecule has 0 amide bonds. The smallest absolute Gasteiger partial charge is 0.163 e. The fourth-order valence-electron chi connectivity index (χ4n) is 6.43. The third-order valence-electron chi connectivity index (χ3n) is 8.44. The Bertz CT molecular complexity index is 993. The zero-order valence-electron chi connectivity index (χ0n) is 22.2. The molecule has 1 aromatic rings. The van der Waals surface area contributed by atoms with E-state index in [2.05, 4.69) is 37.0 Å². The number of carbonyl (C=O) groups excluding carboxylic acids is 2. The number of Topliss-reactive ketones (excluding diaryl/α,β-unsaturated/α-hetero) is 1. The molecule has 35 heavy (non-hydrogen) atoms. The van der Waals surface area contributed by atoms with Gasteiger partial charge >= 0.3 is 0 Å². The van der Waals surface area contributed by atoms with Crippen LogP contribution in [0.15, 0.2) is 35.4 Å². The molecule has 4 heteroatoms. The zero-order chi connectivity index (χ0) is 24.9. The maximum Gasteiger partial charge on any atom is 0.163 e. The van der Waals surface area contributed by atoms with E-state index < -0.39 is 0 Å². The molecular formula is C31H43NO3. The summed E-state index contributed by atoms with van der Waals surface area (Å²) in [7, 11) is 0. The molecule has 0 aromatic heterocycles. The molecule has 1 saturated carbocycles. The second kappa shape index (κ2) is 11.7. The Morgan fingerprint density at radius 2 is 1.71 bits per heavy atom. The average Bonchev–Trinajstić information content (AvgIpc) is 2.86. The highest BCUT2D eigenvalue weighted by Crippen LogP contribution is 2.38. The van der Waals surface area contributed by atoms with Gasteiger partial charge in [0.25, 0.3) is 0 Å². The maximum absolute atomic E-state index is 13.7. The quantitative estimate of drug-likeness (QED) is 0.375. The average molecular weight is 478 g/mol. The second-order valence-electron chi connectivity index (χ2n) is 10.9. The Balaban J connectivity index is 1.63. The summed E-state index contributed by atoms with van der Waals surface area (Å²) in [5, 5.41) is 0. The number of benzene rings is 1. The topological polar surface area (TPSA) is 46.6 Å². The monoisotopic (exact) mass is 477 g/mol. The van der Waals surface area contributed by atoms with E-state index in [1.165, 1.54) is 43.4 Å². The van der Waals surface area contributed by atoms with Gasteiger partial charge in [-0.2, -0.15) is 0 Å². The molecule has 1 aliphatic heterocycles. The third-order valence-corrected chi connectivity index (χ3v) is 8.44. The Labute approximate surface area is 211 Å². The summed E-state index contributed by atoms with van der Waals surface area (Å²) in [4.78, 5) is 28.8. The molecule has 3 aliphatic rings. The maximum atomic E-state index is 13.7. The first kappa shape index (κ1) is 25.9. The molecule has 190 valence electrons. The van der Waals surface area contributed by atoms with Crippen molar-refractivity contribution in [3.05, 3.63) is 52.1 Å². The van der Waals surface area contributed by atoms with Crippen molar-refractivity contribution in [2.75, 3.05) is 24.7 Å². The number of ether oxygens (including phenoxy) is 1. The lowest BCUT2D eigenvalue weighted by atomic mass is 9.81. The van der Waals surface area contributed by atoms with Gasteiger partial charge in [0.15, 0.2) is 11.6 Å².